The second kappa shape index (κ2) is 8.19. The minimum Gasteiger partial charge on any atom is -0.468 e. The molecule has 1 amide bonds. The van der Waals surface area contributed by atoms with Gasteiger partial charge >= 0.3 is 5.97 Å². The monoisotopic (exact) mass is 518 g/mol. The predicted molar refractivity (Wildman–Crippen MR) is 134 cm³/mol. The quantitative estimate of drug-likeness (QED) is 0.500. The Morgan fingerprint density at radius 1 is 1.14 bits per heavy atom. The molecule has 1 N–H and O–H groups in total. The number of esters is 1. The first-order chi connectivity index (χ1) is 16.5. The number of rotatable bonds is 2. The lowest BCUT2D eigenvalue weighted by molar-refractivity contribution is -0.147. The van der Waals surface area contributed by atoms with E-state index in [-0.39, 0.29) is 21.9 Å². The van der Waals surface area contributed by atoms with Crippen molar-refractivity contribution in [3.63, 3.8) is 0 Å². The lowest BCUT2D eigenvalue weighted by Crippen LogP contribution is -2.61. The molecule has 8 heteroatoms. The molecule has 35 heavy (non-hydrogen) atoms. The lowest BCUT2D eigenvalue weighted by Gasteiger charge is -2.52. The smallest absolute Gasteiger partial charge is 0.323 e. The maximum absolute atomic E-state index is 15.7. The number of amides is 1. The van der Waals surface area contributed by atoms with Gasteiger partial charge in [0.05, 0.1) is 12.1 Å². The number of likely N-dealkylation sites (tertiary alicyclic amines) is 1. The van der Waals surface area contributed by atoms with E-state index in [9.17, 15) is 9.59 Å². The molecule has 2 aromatic rings. The number of nitrogens with one attached hydrogen (secondary N) is 1. The molecule has 3 aliphatic rings. The van der Waals surface area contributed by atoms with E-state index in [1.54, 1.807) is 24.3 Å². The Balaban J connectivity index is 1.88. The summed E-state index contributed by atoms with van der Waals surface area (Å²) in [5.41, 5.74) is -0.343. The van der Waals surface area contributed by atoms with E-state index >= 15 is 4.39 Å². The van der Waals surface area contributed by atoms with E-state index in [2.05, 4.69) is 19.2 Å². The van der Waals surface area contributed by atoms with Crippen molar-refractivity contribution in [3.8, 4) is 0 Å². The molecule has 0 radical (unpaired) electrons. The molecule has 0 aromatic heterocycles. The van der Waals surface area contributed by atoms with Crippen LogP contribution in [0.25, 0.3) is 0 Å². The Hall–Kier alpha value is -2.15. The van der Waals surface area contributed by atoms with Gasteiger partial charge in [-0.3, -0.25) is 14.5 Å². The molecule has 5 rings (SSSR count). The van der Waals surface area contributed by atoms with Gasteiger partial charge in [0.2, 0.25) is 5.91 Å². The van der Waals surface area contributed by atoms with Gasteiger partial charge in [-0.1, -0.05) is 55.2 Å². The van der Waals surface area contributed by atoms with Crippen LogP contribution in [0.15, 0.2) is 36.4 Å². The Morgan fingerprint density at radius 2 is 1.83 bits per heavy atom. The number of nitrogens with zero attached hydrogens (tertiary/aromatic N) is 1. The van der Waals surface area contributed by atoms with Gasteiger partial charge in [0.15, 0.2) is 0 Å². The molecule has 1 unspecified atom stereocenters. The summed E-state index contributed by atoms with van der Waals surface area (Å²) in [5, 5.41) is 3.47. The number of likely N-dealkylation sites (N-methyl/N-ethyl adjacent to an activating group) is 1. The highest BCUT2D eigenvalue weighted by Crippen LogP contribution is 2.67. The summed E-state index contributed by atoms with van der Waals surface area (Å²) >= 11 is 12.5. The number of carbonyl (C=O) groups is 2. The van der Waals surface area contributed by atoms with E-state index < -0.39 is 34.7 Å². The normalized spacial score (nSPS) is 28.8. The Kier molecular flexibility index (Phi) is 5.74. The summed E-state index contributed by atoms with van der Waals surface area (Å²) in [6.45, 7) is 4.44. The van der Waals surface area contributed by atoms with Crippen molar-refractivity contribution in [1.29, 1.82) is 0 Å². The fourth-order valence-corrected chi connectivity index (χ4v) is 7.39. The Bertz CT molecular complexity index is 1220. The SMILES string of the molecule is COC(=O)[C@H]1C(c2cccc(Cl)c2F)[C@]2(C(=O)Nc3cc(Cl)ccc32)C2(CCC(C)(C)CC2)N1C. The molecule has 3 atom stereocenters. The largest absolute Gasteiger partial charge is 0.468 e. The van der Waals surface area contributed by atoms with Gasteiger partial charge in [0.1, 0.15) is 17.3 Å². The van der Waals surface area contributed by atoms with Crippen LogP contribution >= 0.6 is 23.2 Å². The van der Waals surface area contributed by atoms with Gasteiger partial charge in [-0.25, -0.2) is 4.39 Å². The van der Waals surface area contributed by atoms with Crippen LogP contribution in [0.3, 0.4) is 0 Å². The summed E-state index contributed by atoms with van der Waals surface area (Å²) in [6.07, 6.45) is 3.04. The minimum absolute atomic E-state index is 0.0515. The van der Waals surface area contributed by atoms with Crippen molar-refractivity contribution < 1.29 is 18.7 Å². The number of hydrogen-bond acceptors (Lipinski definition) is 4. The highest BCUT2D eigenvalue weighted by Gasteiger charge is 2.75. The Labute approximate surface area is 214 Å². The molecule has 2 heterocycles. The van der Waals surface area contributed by atoms with Gasteiger partial charge in [0.25, 0.3) is 0 Å². The number of ether oxygens (including phenoxy) is 1. The summed E-state index contributed by atoms with van der Waals surface area (Å²) in [7, 11) is 3.19. The van der Waals surface area contributed by atoms with E-state index in [0.29, 0.717) is 23.6 Å². The molecule has 2 aliphatic heterocycles. The first-order valence-electron chi connectivity index (χ1n) is 11.9. The first-order valence-corrected chi connectivity index (χ1v) is 12.6. The fraction of sp³-hybridized carbons (Fsp3) is 0.481. The van der Waals surface area contributed by atoms with Crippen LogP contribution in [-0.4, -0.2) is 42.5 Å². The molecule has 2 spiro atoms. The number of fused-ring (bicyclic) bond motifs is 3. The standard InChI is InChI=1S/C27H29Cl2FN2O3/c1-25(2)10-12-26(13-11-25)27(17-9-8-15(28)14-19(17)31-24(27)34)20(22(32(26)3)23(33)35-4)16-6-5-7-18(29)21(16)30/h5-9,14,20,22H,10-13H2,1-4H3,(H,31,34)/t20?,22-,27-/m1/s1. The van der Waals surface area contributed by atoms with Gasteiger partial charge in [-0.2, -0.15) is 0 Å². The number of benzene rings is 2. The first kappa shape index (κ1) is 24.5. The van der Waals surface area contributed by atoms with Crippen molar-refractivity contribution in [2.45, 2.75) is 62.4 Å². The second-order valence-electron chi connectivity index (χ2n) is 10.8. The zero-order valence-electron chi connectivity index (χ0n) is 20.3. The summed E-state index contributed by atoms with van der Waals surface area (Å²) in [4.78, 5) is 29.7. The van der Waals surface area contributed by atoms with Crippen molar-refractivity contribution in [3.05, 3.63) is 63.4 Å². The van der Waals surface area contributed by atoms with Crippen LogP contribution in [0.5, 0.6) is 0 Å². The molecule has 1 saturated heterocycles. The number of carbonyl (C=O) groups excluding carboxylic acids is 2. The average molecular weight is 519 g/mol. The van der Waals surface area contributed by atoms with Crippen LogP contribution < -0.4 is 5.32 Å². The van der Waals surface area contributed by atoms with Crippen LogP contribution in [0.4, 0.5) is 10.1 Å². The molecule has 1 saturated carbocycles. The van der Waals surface area contributed by atoms with Gasteiger partial charge in [0, 0.05) is 22.2 Å². The number of halogens is 3. The van der Waals surface area contributed by atoms with E-state index in [1.165, 1.54) is 13.2 Å². The van der Waals surface area contributed by atoms with Crippen molar-refractivity contribution in [2.24, 2.45) is 5.41 Å². The Morgan fingerprint density at radius 3 is 2.49 bits per heavy atom. The van der Waals surface area contributed by atoms with Crippen LogP contribution in [-0.2, 0) is 19.7 Å². The van der Waals surface area contributed by atoms with Crippen LogP contribution in [0, 0.1) is 11.2 Å². The van der Waals surface area contributed by atoms with Crippen molar-refractivity contribution in [1.82, 2.24) is 4.90 Å². The zero-order valence-corrected chi connectivity index (χ0v) is 21.8. The third kappa shape index (κ3) is 3.22. The third-order valence-electron chi connectivity index (χ3n) is 8.81. The molecule has 0 bridgehead atoms. The van der Waals surface area contributed by atoms with Crippen molar-refractivity contribution >= 4 is 40.8 Å². The second-order valence-corrected chi connectivity index (χ2v) is 11.7. The molecular weight excluding hydrogens is 490 g/mol. The molecule has 1 aliphatic carbocycles. The topological polar surface area (TPSA) is 58.6 Å². The number of methoxy groups -OCH3 is 1. The van der Waals surface area contributed by atoms with E-state index in [1.807, 2.05) is 18.0 Å². The molecule has 2 fully saturated rings. The van der Waals surface area contributed by atoms with Gasteiger partial charge < -0.3 is 10.1 Å². The lowest BCUT2D eigenvalue weighted by atomic mass is 9.53. The molecule has 5 nitrogen and oxygen atoms in total. The fourth-order valence-electron chi connectivity index (χ4n) is 7.04. The maximum atomic E-state index is 15.7. The molecule has 186 valence electrons. The maximum Gasteiger partial charge on any atom is 0.323 e. The van der Waals surface area contributed by atoms with Crippen molar-refractivity contribution in [2.75, 3.05) is 19.5 Å². The van der Waals surface area contributed by atoms with Crippen LogP contribution in [0.1, 0.15) is 56.6 Å². The number of hydrogen-bond donors (Lipinski definition) is 1. The van der Waals surface area contributed by atoms with E-state index in [4.69, 9.17) is 27.9 Å². The summed E-state index contributed by atoms with van der Waals surface area (Å²) < 4.78 is 21.0. The van der Waals surface area contributed by atoms with Gasteiger partial charge in [-0.05, 0) is 67.5 Å². The predicted octanol–water partition coefficient (Wildman–Crippen LogP) is 5.93. The summed E-state index contributed by atoms with van der Waals surface area (Å²) in [5.74, 6) is -2.24. The minimum atomic E-state index is -1.25. The van der Waals surface area contributed by atoms with E-state index in [0.717, 1.165) is 18.4 Å². The van der Waals surface area contributed by atoms with Gasteiger partial charge in [-0.15, -0.1) is 0 Å². The van der Waals surface area contributed by atoms with Crippen LogP contribution in [0.2, 0.25) is 10.0 Å². The highest BCUT2D eigenvalue weighted by molar-refractivity contribution is 6.31. The zero-order chi connectivity index (χ0) is 25.3. The average Bonchev–Trinajstić information content (AvgIpc) is 3.22. The molecule has 2 aromatic carbocycles. The molecular formula is C27H29Cl2FN2O3. The highest BCUT2D eigenvalue weighted by atomic mass is 35.5. The number of anilines is 1. The summed E-state index contributed by atoms with van der Waals surface area (Å²) in [6, 6.07) is 9.19. The third-order valence-corrected chi connectivity index (χ3v) is 9.34.